The summed E-state index contributed by atoms with van der Waals surface area (Å²) in [7, 11) is 1.85. The van der Waals surface area contributed by atoms with Gasteiger partial charge in [-0.2, -0.15) is 0 Å². The molecule has 0 aromatic heterocycles. The second-order valence-corrected chi connectivity index (χ2v) is 7.11. The predicted octanol–water partition coefficient (Wildman–Crippen LogP) is 3.17. The summed E-state index contributed by atoms with van der Waals surface area (Å²) in [4.78, 5) is 6.90. The van der Waals surface area contributed by atoms with Crippen LogP contribution in [0.15, 0.2) is 29.3 Å². The highest BCUT2D eigenvalue weighted by Gasteiger charge is 2.19. The van der Waals surface area contributed by atoms with Gasteiger partial charge in [0.05, 0.1) is 0 Å². The summed E-state index contributed by atoms with van der Waals surface area (Å²) in [6.45, 7) is 11.0. The van der Waals surface area contributed by atoms with E-state index in [1.165, 1.54) is 37.1 Å². The van der Waals surface area contributed by atoms with Crippen molar-refractivity contribution in [2.75, 3.05) is 26.7 Å². The zero-order valence-electron chi connectivity index (χ0n) is 15.8. The third-order valence-electron chi connectivity index (χ3n) is 5.01. The topological polar surface area (TPSA) is 39.7 Å². The Kier molecular flexibility index (Phi) is 7.57. The first kappa shape index (κ1) is 18.8. The van der Waals surface area contributed by atoms with Gasteiger partial charge in [-0.3, -0.25) is 9.89 Å². The van der Waals surface area contributed by atoms with Crippen LogP contribution in [0, 0.1) is 12.8 Å². The molecule has 1 heterocycles. The van der Waals surface area contributed by atoms with Gasteiger partial charge in [0.25, 0.3) is 0 Å². The van der Waals surface area contributed by atoms with Crippen molar-refractivity contribution in [3.05, 3.63) is 35.4 Å². The number of hydrogen-bond acceptors (Lipinski definition) is 2. The van der Waals surface area contributed by atoms with Gasteiger partial charge in [0.1, 0.15) is 0 Å². The fourth-order valence-corrected chi connectivity index (χ4v) is 3.07. The molecule has 0 bridgehead atoms. The zero-order chi connectivity index (χ0) is 17.4. The summed E-state index contributed by atoms with van der Waals surface area (Å²) in [5.74, 6) is 1.68. The van der Waals surface area contributed by atoms with Gasteiger partial charge in [-0.05, 0) is 57.7 Å². The number of nitrogens with zero attached hydrogens (tertiary/aromatic N) is 2. The molecule has 0 amide bonds. The lowest BCUT2D eigenvalue weighted by atomic mass is 9.96. The highest BCUT2D eigenvalue weighted by atomic mass is 15.2. The molecular formula is C20H34N4. The molecule has 0 saturated carbocycles. The zero-order valence-corrected chi connectivity index (χ0v) is 15.8. The van der Waals surface area contributed by atoms with Crippen LogP contribution in [0.2, 0.25) is 0 Å². The van der Waals surface area contributed by atoms with Gasteiger partial charge < -0.3 is 10.6 Å². The maximum absolute atomic E-state index is 4.32. The van der Waals surface area contributed by atoms with E-state index in [4.69, 9.17) is 0 Å². The van der Waals surface area contributed by atoms with Crippen molar-refractivity contribution < 1.29 is 0 Å². The largest absolute Gasteiger partial charge is 0.356 e. The summed E-state index contributed by atoms with van der Waals surface area (Å²) in [5, 5.41) is 6.93. The Morgan fingerprint density at radius 3 is 2.50 bits per heavy atom. The molecule has 1 aliphatic heterocycles. The van der Waals surface area contributed by atoms with Crippen molar-refractivity contribution >= 4 is 5.96 Å². The van der Waals surface area contributed by atoms with Crippen molar-refractivity contribution in [3.8, 4) is 0 Å². The number of nitrogens with one attached hydrogen (secondary N) is 2. The number of guanidine groups is 1. The van der Waals surface area contributed by atoms with E-state index in [1.54, 1.807) is 0 Å². The highest BCUT2D eigenvalue weighted by Crippen LogP contribution is 2.18. The molecule has 0 spiro atoms. The Morgan fingerprint density at radius 2 is 1.92 bits per heavy atom. The van der Waals surface area contributed by atoms with Gasteiger partial charge in [0, 0.05) is 26.2 Å². The van der Waals surface area contributed by atoms with Gasteiger partial charge in [-0.15, -0.1) is 0 Å². The van der Waals surface area contributed by atoms with Gasteiger partial charge >= 0.3 is 0 Å². The minimum atomic E-state index is 0.465. The lowest BCUT2D eigenvalue weighted by Crippen LogP contribution is -2.45. The Bertz CT molecular complexity index is 501. The van der Waals surface area contributed by atoms with E-state index in [9.17, 15) is 0 Å². The second kappa shape index (κ2) is 9.67. The number of aliphatic imine (C=N–C) groups is 1. The van der Waals surface area contributed by atoms with E-state index in [0.29, 0.717) is 6.04 Å². The molecule has 0 aliphatic carbocycles. The standard InChI is InChI=1S/C20H34N4/c1-5-17(3)23-20(21-4)22-14-18-10-12-24(13-11-18)15-19-8-6-16(2)7-9-19/h6-9,17-18H,5,10-15H2,1-4H3,(H2,21,22,23). The predicted molar refractivity (Wildman–Crippen MR) is 103 cm³/mol. The van der Waals surface area contributed by atoms with Gasteiger partial charge in [-0.25, -0.2) is 0 Å². The van der Waals surface area contributed by atoms with Crippen LogP contribution in [-0.4, -0.2) is 43.6 Å². The Labute approximate surface area is 147 Å². The van der Waals surface area contributed by atoms with Crippen LogP contribution < -0.4 is 10.6 Å². The molecule has 4 heteroatoms. The maximum atomic E-state index is 4.32. The fourth-order valence-electron chi connectivity index (χ4n) is 3.07. The highest BCUT2D eigenvalue weighted by molar-refractivity contribution is 5.79. The van der Waals surface area contributed by atoms with Crippen molar-refractivity contribution in [2.45, 2.75) is 52.6 Å². The summed E-state index contributed by atoms with van der Waals surface area (Å²) in [5.41, 5.74) is 2.76. The summed E-state index contributed by atoms with van der Waals surface area (Å²) < 4.78 is 0. The van der Waals surface area contributed by atoms with E-state index >= 15 is 0 Å². The third-order valence-corrected chi connectivity index (χ3v) is 5.01. The average Bonchev–Trinajstić information content (AvgIpc) is 2.61. The molecule has 1 atom stereocenters. The summed E-state index contributed by atoms with van der Waals surface area (Å²) in [6, 6.07) is 9.40. The molecule has 2 N–H and O–H groups in total. The van der Waals surface area contributed by atoms with E-state index < -0.39 is 0 Å². The van der Waals surface area contributed by atoms with Crippen LogP contribution >= 0.6 is 0 Å². The van der Waals surface area contributed by atoms with E-state index in [1.807, 2.05) is 7.05 Å². The number of hydrogen-bond donors (Lipinski definition) is 2. The van der Waals surface area contributed by atoms with E-state index in [0.717, 1.165) is 31.4 Å². The van der Waals surface area contributed by atoms with Crippen LogP contribution in [0.3, 0.4) is 0 Å². The van der Waals surface area contributed by atoms with Crippen molar-refractivity contribution in [1.82, 2.24) is 15.5 Å². The van der Waals surface area contributed by atoms with Crippen LogP contribution in [0.4, 0.5) is 0 Å². The minimum Gasteiger partial charge on any atom is -0.356 e. The third kappa shape index (κ3) is 6.16. The Hall–Kier alpha value is -1.55. The molecule has 2 rings (SSSR count). The SMILES string of the molecule is CCC(C)NC(=NC)NCC1CCN(Cc2ccc(C)cc2)CC1. The Morgan fingerprint density at radius 1 is 1.25 bits per heavy atom. The van der Waals surface area contributed by atoms with Gasteiger partial charge in [-0.1, -0.05) is 36.8 Å². The van der Waals surface area contributed by atoms with Crippen molar-refractivity contribution in [1.29, 1.82) is 0 Å². The minimum absolute atomic E-state index is 0.465. The lowest BCUT2D eigenvalue weighted by Gasteiger charge is -2.32. The summed E-state index contributed by atoms with van der Waals surface area (Å²) >= 11 is 0. The quantitative estimate of drug-likeness (QED) is 0.622. The molecule has 134 valence electrons. The normalized spacial score (nSPS) is 18.4. The monoisotopic (exact) mass is 330 g/mol. The van der Waals surface area contributed by atoms with Crippen LogP contribution in [0.1, 0.15) is 44.2 Å². The average molecular weight is 331 g/mol. The molecule has 1 aliphatic rings. The first-order valence-corrected chi connectivity index (χ1v) is 9.35. The first-order valence-electron chi connectivity index (χ1n) is 9.35. The molecule has 4 nitrogen and oxygen atoms in total. The van der Waals surface area contributed by atoms with E-state index in [2.05, 4.69) is 65.6 Å². The number of rotatable bonds is 6. The smallest absolute Gasteiger partial charge is 0.191 e. The van der Waals surface area contributed by atoms with Crippen molar-refractivity contribution in [3.63, 3.8) is 0 Å². The molecule has 24 heavy (non-hydrogen) atoms. The number of piperidine rings is 1. The number of aryl methyl sites for hydroxylation is 1. The fraction of sp³-hybridized carbons (Fsp3) is 0.650. The van der Waals surface area contributed by atoms with Crippen LogP contribution in [0.5, 0.6) is 0 Å². The Balaban J connectivity index is 1.69. The summed E-state index contributed by atoms with van der Waals surface area (Å²) in [6.07, 6.45) is 3.64. The maximum Gasteiger partial charge on any atom is 0.191 e. The lowest BCUT2D eigenvalue weighted by molar-refractivity contribution is 0.178. The van der Waals surface area contributed by atoms with Gasteiger partial charge in [0.2, 0.25) is 0 Å². The van der Waals surface area contributed by atoms with Crippen molar-refractivity contribution in [2.24, 2.45) is 10.9 Å². The molecule has 1 aromatic carbocycles. The number of likely N-dealkylation sites (tertiary alicyclic amines) is 1. The molecule has 1 unspecified atom stereocenters. The second-order valence-electron chi connectivity index (χ2n) is 7.11. The van der Waals surface area contributed by atoms with E-state index in [-0.39, 0.29) is 0 Å². The molecule has 1 fully saturated rings. The van der Waals surface area contributed by atoms with Gasteiger partial charge in [0.15, 0.2) is 5.96 Å². The molecule has 1 saturated heterocycles. The van der Waals surface area contributed by atoms with Crippen LogP contribution in [-0.2, 0) is 6.54 Å². The first-order chi connectivity index (χ1) is 11.6. The molecule has 0 radical (unpaired) electrons. The number of benzene rings is 1. The molecule has 1 aromatic rings. The molecular weight excluding hydrogens is 296 g/mol. The van der Waals surface area contributed by atoms with Crippen LogP contribution in [0.25, 0.3) is 0 Å².